The molecule has 0 fully saturated rings. The van der Waals surface area contributed by atoms with Crippen molar-refractivity contribution in [1.82, 2.24) is 14.6 Å². The van der Waals surface area contributed by atoms with Crippen molar-refractivity contribution in [3.8, 4) is 10.6 Å². The maximum Gasteiger partial charge on any atom is 0.343 e. The molecular weight excluding hydrogens is 389 g/mol. The van der Waals surface area contributed by atoms with E-state index < -0.39 is 5.97 Å². The molecule has 0 radical (unpaired) electrons. The van der Waals surface area contributed by atoms with Crippen molar-refractivity contribution >= 4 is 45.5 Å². The number of carbonyl (C=O) groups is 1. The molecule has 0 spiro atoms. The predicted octanol–water partition coefficient (Wildman–Crippen LogP) is 3.24. The lowest BCUT2D eigenvalue weighted by Crippen LogP contribution is -2.05. The van der Waals surface area contributed by atoms with Crippen LogP contribution in [-0.4, -0.2) is 27.2 Å². The number of hydrogen-bond acceptors (Lipinski definition) is 5. The first-order valence-electron chi connectivity index (χ1n) is 5.96. The minimum absolute atomic E-state index is 0.332. The molecule has 3 aromatic heterocycles. The third-order valence-corrected chi connectivity index (χ3v) is 4.61. The first kappa shape index (κ1) is 13.5. The smallest absolute Gasteiger partial charge is 0.343 e. The molecule has 0 N–H and O–H groups in total. The van der Waals surface area contributed by atoms with E-state index in [9.17, 15) is 4.79 Å². The minimum atomic E-state index is -0.395. The van der Waals surface area contributed by atoms with Crippen LogP contribution in [0.5, 0.6) is 0 Å². The van der Waals surface area contributed by atoms with E-state index in [0.29, 0.717) is 17.8 Å². The summed E-state index contributed by atoms with van der Waals surface area (Å²) in [7, 11) is 0. The second-order valence-corrected chi connectivity index (χ2v) is 6.94. The van der Waals surface area contributed by atoms with Crippen LogP contribution >= 0.6 is 33.9 Å². The third kappa shape index (κ3) is 2.42. The number of hydrogen-bond donors (Lipinski definition) is 0. The van der Waals surface area contributed by atoms with Crippen LogP contribution in [0, 0.1) is 2.88 Å². The van der Waals surface area contributed by atoms with Crippen LogP contribution in [0.3, 0.4) is 0 Å². The van der Waals surface area contributed by atoms with Crippen LogP contribution in [-0.2, 0) is 4.74 Å². The van der Waals surface area contributed by atoms with Crippen LogP contribution in [0.4, 0.5) is 0 Å². The third-order valence-electron chi connectivity index (χ3n) is 2.69. The van der Waals surface area contributed by atoms with E-state index in [1.165, 1.54) is 9.08 Å². The highest BCUT2D eigenvalue weighted by molar-refractivity contribution is 14.1. The van der Waals surface area contributed by atoms with Crippen molar-refractivity contribution in [2.24, 2.45) is 0 Å². The van der Waals surface area contributed by atoms with Gasteiger partial charge < -0.3 is 4.74 Å². The molecule has 0 aromatic carbocycles. The largest absolute Gasteiger partial charge is 0.462 e. The highest BCUT2D eigenvalue weighted by atomic mass is 127. The van der Waals surface area contributed by atoms with Crippen LogP contribution in [0.2, 0.25) is 0 Å². The Kier molecular flexibility index (Phi) is 3.70. The van der Waals surface area contributed by atoms with Gasteiger partial charge in [0.15, 0.2) is 5.65 Å². The lowest BCUT2D eigenvalue weighted by atomic mass is 10.3. The van der Waals surface area contributed by atoms with E-state index in [1.54, 1.807) is 29.0 Å². The fraction of sp³-hybridized carbons (Fsp3) is 0.154. The quantitative estimate of drug-likeness (QED) is 0.501. The van der Waals surface area contributed by atoms with Gasteiger partial charge in [-0.05, 0) is 47.7 Å². The van der Waals surface area contributed by atoms with Crippen molar-refractivity contribution in [1.29, 1.82) is 0 Å². The zero-order valence-corrected chi connectivity index (χ0v) is 13.5. The van der Waals surface area contributed by atoms with Crippen molar-refractivity contribution in [2.75, 3.05) is 6.61 Å². The van der Waals surface area contributed by atoms with E-state index in [2.05, 4.69) is 32.7 Å². The van der Waals surface area contributed by atoms with Crippen LogP contribution < -0.4 is 0 Å². The van der Waals surface area contributed by atoms with Gasteiger partial charge in [0.1, 0.15) is 5.56 Å². The van der Waals surface area contributed by atoms with Crippen LogP contribution in [0.1, 0.15) is 17.3 Å². The number of fused-ring (bicyclic) bond motifs is 1. The zero-order chi connectivity index (χ0) is 14.1. The summed E-state index contributed by atoms with van der Waals surface area (Å²) in [5.74, 6) is -0.395. The fourth-order valence-corrected chi connectivity index (χ4v) is 3.40. The molecule has 0 saturated carbocycles. The average Bonchev–Trinajstić information content (AvgIpc) is 3.04. The first-order chi connectivity index (χ1) is 9.69. The molecule has 0 aliphatic carbocycles. The summed E-state index contributed by atoms with van der Waals surface area (Å²) in [6.07, 6.45) is 3.29. The molecule has 5 nitrogen and oxygen atoms in total. The molecule has 20 heavy (non-hydrogen) atoms. The molecule has 102 valence electrons. The van der Waals surface area contributed by atoms with Gasteiger partial charge in [-0.2, -0.15) is 5.10 Å². The topological polar surface area (TPSA) is 56.5 Å². The van der Waals surface area contributed by atoms with E-state index >= 15 is 0 Å². The zero-order valence-electron chi connectivity index (χ0n) is 10.5. The lowest BCUT2D eigenvalue weighted by Gasteiger charge is -2.01. The average molecular weight is 399 g/mol. The molecule has 3 rings (SSSR count). The second kappa shape index (κ2) is 5.49. The van der Waals surface area contributed by atoms with Gasteiger partial charge in [-0.1, -0.05) is 0 Å². The Labute approximate surface area is 132 Å². The Morgan fingerprint density at radius 1 is 1.45 bits per heavy atom. The van der Waals surface area contributed by atoms with Crippen LogP contribution in [0.15, 0.2) is 30.6 Å². The lowest BCUT2D eigenvalue weighted by molar-refractivity contribution is 0.0528. The number of carbonyl (C=O) groups excluding carboxylic acids is 1. The molecule has 3 heterocycles. The number of ether oxygens (including phenoxy) is 1. The molecule has 0 saturated heterocycles. The van der Waals surface area contributed by atoms with Gasteiger partial charge in [0.25, 0.3) is 0 Å². The van der Waals surface area contributed by atoms with E-state index in [1.807, 2.05) is 18.2 Å². The van der Waals surface area contributed by atoms with E-state index in [0.717, 1.165) is 10.6 Å². The summed E-state index contributed by atoms with van der Waals surface area (Å²) >= 11 is 3.93. The number of aromatic nitrogens is 3. The fourth-order valence-electron chi connectivity index (χ4n) is 1.81. The SMILES string of the molecule is CCOC(=O)c1cnn2ccc(-c3ccc(I)s3)nc12. The van der Waals surface area contributed by atoms with Gasteiger partial charge in [-0.15, -0.1) is 11.3 Å². The highest BCUT2D eigenvalue weighted by Gasteiger charge is 2.16. The minimum Gasteiger partial charge on any atom is -0.462 e. The maximum absolute atomic E-state index is 11.9. The Bertz CT molecular complexity index is 781. The van der Waals surface area contributed by atoms with Crippen molar-refractivity contribution in [3.05, 3.63) is 39.0 Å². The van der Waals surface area contributed by atoms with Crippen LogP contribution in [0.25, 0.3) is 16.2 Å². The van der Waals surface area contributed by atoms with Crippen molar-refractivity contribution in [3.63, 3.8) is 0 Å². The predicted molar refractivity (Wildman–Crippen MR) is 85.0 cm³/mol. The standard InChI is InChI=1S/C13H10IN3O2S/c1-2-19-13(18)8-7-15-17-6-5-9(16-12(8)17)10-3-4-11(14)20-10/h3-7H,2H2,1H3. The van der Waals surface area contributed by atoms with Gasteiger partial charge in [0.05, 0.1) is 26.3 Å². The van der Waals surface area contributed by atoms with Gasteiger partial charge in [0.2, 0.25) is 0 Å². The van der Waals surface area contributed by atoms with Gasteiger partial charge in [-0.3, -0.25) is 0 Å². The normalized spacial score (nSPS) is 10.9. The number of nitrogens with zero attached hydrogens (tertiary/aromatic N) is 3. The molecule has 7 heteroatoms. The molecule has 0 amide bonds. The maximum atomic E-state index is 11.9. The molecule has 0 bridgehead atoms. The van der Waals surface area contributed by atoms with Gasteiger partial charge in [-0.25, -0.2) is 14.3 Å². The number of thiophene rings is 1. The number of esters is 1. The van der Waals surface area contributed by atoms with Gasteiger partial charge >= 0.3 is 5.97 Å². The summed E-state index contributed by atoms with van der Waals surface area (Å²) in [6.45, 7) is 2.11. The highest BCUT2D eigenvalue weighted by Crippen LogP contribution is 2.28. The van der Waals surface area contributed by atoms with E-state index in [-0.39, 0.29) is 0 Å². The Balaban J connectivity index is 2.09. The summed E-state index contributed by atoms with van der Waals surface area (Å²) in [6, 6.07) is 5.94. The summed E-state index contributed by atoms with van der Waals surface area (Å²) in [4.78, 5) is 17.4. The second-order valence-electron chi connectivity index (χ2n) is 3.96. The molecule has 0 atom stereocenters. The number of halogens is 1. The monoisotopic (exact) mass is 399 g/mol. The molecule has 0 aliphatic heterocycles. The Hall–Kier alpha value is -1.48. The molecule has 0 unspecified atom stereocenters. The first-order valence-corrected chi connectivity index (χ1v) is 7.86. The summed E-state index contributed by atoms with van der Waals surface area (Å²) < 4.78 is 7.78. The summed E-state index contributed by atoms with van der Waals surface area (Å²) in [5, 5.41) is 4.12. The van der Waals surface area contributed by atoms with Gasteiger partial charge in [0, 0.05) is 6.20 Å². The summed E-state index contributed by atoms with van der Waals surface area (Å²) in [5.41, 5.74) is 1.74. The molecular formula is C13H10IN3O2S. The van der Waals surface area contributed by atoms with E-state index in [4.69, 9.17) is 4.74 Å². The Morgan fingerprint density at radius 3 is 3.00 bits per heavy atom. The molecule has 3 aromatic rings. The van der Waals surface area contributed by atoms with Crippen molar-refractivity contribution < 1.29 is 9.53 Å². The Morgan fingerprint density at radius 2 is 2.30 bits per heavy atom. The molecule has 0 aliphatic rings. The van der Waals surface area contributed by atoms with Crippen molar-refractivity contribution in [2.45, 2.75) is 6.92 Å². The number of rotatable bonds is 3.